The van der Waals surface area contributed by atoms with Crippen LogP contribution in [-0.2, 0) is 16.3 Å². The molecule has 0 aliphatic rings. The first-order chi connectivity index (χ1) is 13.0. The van der Waals surface area contributed by atoms with Gasteiger partial charge in [0.1, 0.15) is 0 Å². The van der Waals surface area contributed by atoms with Gasteiger partial charge in [0.25, 0.3) is 0 Å². The molecule has 0 fully saturated rings. The Bertz CT molecular complexity index is 806. The Kier molecular flexibility index (Phi) is 8.33. The van der Waals surface area contributed by atoms with Crippen LogP contribution >= 0.6 is 0 Å². The molecule has 2 aromatic carbocycles. The first-order valence-corrected chi connectivity index (χ1v) is 11.1. The summed E-state index contributed by atoms with van der Waals surface area (Å²) in [6, 6.07) is 18.6. The summed E-state index contributed by atoms with van der Waals surface area (Å²) in [7, 11) is -3.34. The van der Waals surface area contributed by atoms with Gasteiger partial charge in [0.15, 0.2) is 15.8 Å². The van der Waals surface area contributed by atoms with Crippen molar-refractivity contribution < 1.29 is 8.42 Å². The van der Waals surface area contributed by atoms with Gasteiger partial charge in [-0.1, -0.05) is 55.5 Å². The van der Waals surface area contributed by atoms with Crippen molar-refractivity contribution in [2.75, 3.05) is 18.8 Å². The van der Waals surface area contributed by atoms with E-state index < -0.39 is 9.84 Å². The van der Waals surface area contributed by atoms with Crippen molar-refractivity contribution in [2.24, 2.45) is 4.99 Å². The molecule has 2 rings (SSSR count). The molecule has 2 N–H and O–H groups in total. The second kappa shape index (κ2) is 10.7. The molecule has 6 heteroatoms. The van der Waals surface area contributed by atoms with Crippen molar-refractivity contribution in [2.45, 2.75) is 37.6 Å². The van der Waals surface area contributed by atoms with Gasteiger partial charge in [0.05, 0.1) is 10.6 Å². The first kappa shape index (κ1) is 21.0. The van der Waals surface area contributed by atoms with Gasteiger partial charge in [-0.25, -0.2) is 8.42 Å². The van der Waals surface area contributed by atoms with E-state index in [2.05, 4.69) is 27.8 Å². The van der Waals surface area contributed by atoms with E-state index in [0.29, 0.717) is 23.8 Å². The third kappa shape index (κ3) is 7.06. The van der Waals surface area contributed by atoms with Crippen molar-refractivity contribution >= 4 is 15.8 Å². The van der Waals surface area contributed by atoms with Gasteiger partial charge in [0, 0.05) is 19.1 Å². The summed E-state index contributed by atoms with van der Waals surface area (Å²) in [5.74, 6) is 0.694. The summed E-state index contributed by atoms with van der Waals surface area (Å²) in [6.07, 6.45) is 1.53. The molecular weight excluding hydrogens is 358 g/mol. The fourth-order valence-corrected chi connectivity index (χ4v) is 4.32. The highest BCUT2D eigenvalue weighted by Crippen LogP contribution is 2.12. The largest absolute Gasteiger partial charge is 0.357 e. The summed E-state index contributed by atoms with van der Waals surface area (Å²) in [5, 5.41) is 6.48. The van der Waals surface area contributed by atoms with Crippen molar-refractivity contribution in [3.63, 3.8) is 0 Å². The van der Waals surface area contributed by atoms with E-state index in [0.717, 1.165) is 13.0 Å². The van der Waals surface area contributed by atoms with Crippen LogP contribution in [0.5, 0.6) is 0 Å². The molecule has 0 spiro atoms. The van der Waals surface area contributed by atoms with Crippen molar-refractivity contribution in [3.8, 4) is 0 Å². The minimum atomic E-state index is -3.34. The van der Waals surface area contributed by atoms with Crippen LogP contribution in [0.2, 0.25) is 0 Å². The maximum absolute atomic E-state index is 12.6. The number of hydrogen-bond donors (Lipinski definition) is 2. The molecule has 27 heavy (non-hydrogen) atoms. The van der Waals surface area contributed by atoms with Crippen LogP contribution in [-0.4, -0.2) is 39.3 Å². The third-order valence-corrected chi connectivity index (χ3v) is 6.05. The summed E-state index contributed by atoms with van der Waals surface area (Å²) in [4.78, 5) is 4.96. The standard InChI is InChI=1S/C21H29N3O2S/c1-3-19(17-27(25,26)20-13-9-6-10-14-20)24-21(22-4-2)23-16-15-18-11-7-5-8-12-18/h5-14,19H,3-4,15-17H2,1-2H3,(H2,22,23,24). The first-order valence-electron chi connectivity index (χ1n) is 9.41. The Labute approximate surface area is 162 Å². The number of aliphatic imine (C=N–C) groups is 1. The molecule has 0 aliphatic carbocycles. The van der Waals surface area contributed by atoms with Gasteiger partial charge in [-0.15, -0.1) is 0 Å². The SMILES string of the molecule is CCNC(=NCCc1ccccc1)NC(CC)CS(=O)(=O)c1ccccc1. The zero-order valence-corrected chi connectivity index (χ0v) is 16.9. The third-order valence-electron chi connectivity index (χ3n) is 4.21. The topological polar surface area (TPSA) is 70.6 Å². The molecule has 0 heterocycles. The average molecular weight is 388 g/mol. The van der Waals surface area contributed by atoms with E-state index in [9.17, 15) is 8.42 Å². The highest BCUT2D eigenvalue weighted by atomic mass is 32.2. The monoisotopic (exact) mass is 387 g/mol. The lowest BCUT2D eigenvalue weighted by Gasteiger charge is -2.20. The van der Waals surface area contributed by atoms with Gasteiger partial charge in [-0.2, -0.15) is 0 Å². The molecule has 0 amide bonds. The lowest BCUT2D eigenvalue weighted by molar-refractivity contribution is 0.569. The molecular formula is C21H29N3O2S. The molecule has 1 atom stereocenters. The predicted molar refractivity (Wildman–Crippen MR) is 112 cm³/mol. The van der Waals surface area contributed by atoms with Crippen molar-refractivity contribution in [3.05, 3.63) is 66.2 Å². The minimum Gasteiger partial charge on any atom is -0.357 e. The summed E-state index contributed by atoms with van der Waals surface area (Å²) in [6.45, 7) is 5.34. The van der Waals surface area contributed by atoms with Crippen LogP contribution in [0.1, 0.15) is 25.8 Å². The Morgan fingerprint density at radius 1 is 1.00 bits per heavy atom. The molecule has 1 unspecified atom stereocenters. The number of rotatable bonds is 9. The summed E-state index contributed by atoms with van der Waals surface area (Å²) < 4.78 is 25.3. The van der Waals surface area contributed by atoms with Crippen LogP contribution in [0.3, 0.4) is 0 Å². The van der Waals surface area contributed by atoms with Crippen LogP contribution in [0.4, 0.5) is 0 Å². The molecule has 0 bridgehead atoms. The van der Waals surface area contributed by atoms with Crippen LogP contribution in [0, 0.1) is 0 Å². The zero-order valence-electron chi connectivity index (χ0n) is 16.1. The maximum atomic E-state index is 12.6. The summed E-state index contributed by atoms with van der Waals surface area (Å²) >= 11 is 0. The number of hydrogen-bond acceptors (Lipinski definition) is 3. The number of sulfone groups is 1. The lowest BCUT2D eigenvalue weighted by Crippen LogP contribution is -2.46. The van der Waals surface area contributed by atoms with Crippen molar-refractivity contribution in [1.29, 1.82) is 0 Å². The Hall–Kier alpha value is -2.34. The van der Waals surface area contributed by atoms with E-state index in [-0.39, 0.29) is 11.8 Å². The van der Waals surface area contributed by atoms with Crippen LogP contribution in [0.15, 0.2) is 70.6 Å². The van der Waals surface area contributed by atoms with Crippen LogP contribution in [0.25, 0.3) is 0 Å². The molecule has 0 radical (unpaired) electrons. The minimum absolute atomic E-state index is 0.0383. The van der Waals surface area contributed by atoms with E-state index in [1.165, 1.54) is 5.56 Å². The van der Waals surface area contributed by atoms with Gasteiger partial charge in [0.2, 0.25) is 0 Å². The molecule has 146 valence electrons. The van der Waals surface area contributed by atoms with E-state index >= 15 is 0 Å². The quantitative estimate of drug-likeness (QED) is 0.512. The number of nitrogens with zero attached hydrogens (tertiary/aromatic N) is 1. The highest BCUT2D eigenvalue weighted by molar-refractivity contribution is 7.91. The average Bonchev–Trinajstić information content (AvgIpc) is 2.69. The second-order valence-corrected chi connectivity index (χ2v) is 8.37. The van der Waals surface area contributed by atoms with Gasteiger partial charge < -0.3 is 10.6 Å². The number of nitrogens with one attached hydrogen (secondary N) is 2. The van der Waals surface area contributed by atoms with Crippen LogP contribution < -0.4 is 10.6 Å². The number of benzene rings is 2. The molecule has 0 aliphatic heterocycles. The zero-order chi connectivity index (χ0) is 19.5. The highest BCUT2D eigenvalue weighted by Gasteiger charge is 2.20. The molecule has 0 saturated carbocycles. The Morgan fingerprint density at radius 2 is 1.63 bits per heavy atom. The molecule has 0 aromatic heterocycles. The lowest BCUT2D eigenvalue weighted by atomic mass is 10.2. The van der Waals surface area contributed by atoms with E-state index in [4.69, 9.17) is 0 Å². The van der Waals surface area contributed by atoms with Gasteiger partial charge in [-0.05, 0) is 37.5 Å². The maximum Gasteiger partial charge on any atom is 0.191 e. The molecule has 5 nitrogen and oxygen atoms in total. The fourth-order valence-electron chi connectivity index (χ4n) is 2.71. The van der Waals surface area contributed by atoms with E-state index in [1.807, 2.05) is 38.1 Å². The molecule has 2 aromatic rings. The van der Waals surface area contributed by atoms with Gasteiger partial charge >= 0.3 is 0 Å². The predicted octanol–water partition coefficient (Wildman–Crippen LogP) is 3.04. The normalized spacial score (nSPS) is 13.2. The van der Waals surface area contributed by atoms with Crippen molar-refractivity contribution in [1.82, 2.24) is 10.6 Å². The Balaban J connectivity index is 2.00. The Morgan fingerprint density at radius 3 is 2.22 bits per heavy atom. The fraction of sp³-hybridized carbons (Fsp3) is 0.381. The number of guanidine groups is 1. The van der Waals surface area contributed by atoms with E-state index in [1.54, 1.807) is 24.3 Å². The summed E-state index contributed by atoms with van der Waals surface area (Å²) in [5.41, 5.74) is 1.23. The molecule has 0 saturated heterocycles. The second-order valence-electron chi connectivity index (χ2n) is 6.34. The van der Waals surface area contributed by atoms with Gasteiger partial charge in [-0.3, -0.25) is 4.99 Å². The smallest absolute Gasteiger partial charge is 0.191 e.